The Kier molecular flexibility index (Phi) is 4.35. The van der Waals surface area contributed by atoms with E-state index in [9.17, 15) is 9.59 Å². The molecule has 0 atom stereocenters. The lowest BCUT2D eigenvalue weighted by molar-refractivity contribution is -0.150. The van der Waals surface area contributed by atoms with Crippen LogP contribution in [0.1, 0.15) is 30.2 Å². The Balaban J connectivity index is 2.15. The van der Waals surface area contributed by atoms with Gasteiger partial charge in [-0.25, -0.2) is 0 Å². The number of aliphatic hydroxyl groups excluding tert-OH is 1. The van der Waals surface area contributed by atoms with E-state index in [1.165, 1.54) is 16.2 Å². The second kappa shape index (κ2) is 6.00. The number of piperidine rings is 1. The van der Waals surface area contributed by atoms with E-state index >= 15 is 0 Å². The van der Waals surface area contributed by atoms with Gasteiger partial charge in [-0.1, -0.05) is 18.8 Å². The smallest absolute Gasteiger partial charge is 0.229 e. The van der Waals surface area contributed by atoms with Crippen LogP contribution in [0.2, 0.25) is 0 Å². The van der Waals surface area contributed by atoms with Gasteiger partial charge >= 0.3 is 0 Å². The van der Waals surface area contributed by atoms with E-state index in [0.29, 0.717) is 12.8 Å². The lowest BCUT2D eigenvalue weighted by atomic mass is 9.97. The van der Waals surface area contributed by atoms with Crippen LogP contribution in [0, 0.1) is 17.8 Å². The van der Waals surface area contributed by atoms with Crippen molar-refractivity contribution in [2.24, 2.45) is 5.92 Å². The van der Waals surface area contributed by atoms with E-state index in [4.69, 9.17) is 5.11 Å². The number of aliphatic hydroxyl groups is 1. The van der Waals surface area contributed by atoms with Crippen molar-refractivity contribution in [1.29, 1.82) is 0 Å². The molecule has 5 heteroatoms. The summed E-state index contributed by atoms with van der Waals surface area (Å²) in [7, 11) is 0. The summed E-state index contributed by atoms with van der Waals surface area (Å²) in [6, 6.07) is 1.84. The van der Waals surface area contributed by atoms with Gasteiger partial charge in [0.15, 0.2) is 0 Å². The van der Waals surface area contributed by atoms with Crippen molar-refractivity contribution in [3.63, 3.8) is 0 Å². The molecule has 1 saturated heterocycles. The second-order valence-electron chi connectivity index (χ2n) is 4.60. The maximum absolute atomic E-state index is 11.9. The van der Waals surface area contributed by atoms with Crippen LogP contribution in [0.4, 0.5) is 0 Å². The Morgan fingerprint density at radius 1 is 1.42 bits per heavy atom. The Hall–Kier alpha value is -1.64. The van der Waals surface area contributed by atoms with Gasteiger partial charge in [0.25, 0.3) is 0 Å². The molecule has 0 radical (unpaired) electrons. The Morgan fingerprint density at radius 2 is 2.11 bits per heavy atom. The fraction of sp³-hybridized carbons (Fsp3) is 0.429. The van der Waals surface area contributed by atoms with E-state index in [1.807, 2.05) is 18.4 Å². The maximum Gasteiger partial charge on any atom is 0.229 e. The van der Waals surface area contributed by atoms with Crippen molar-refractivity contribution >= 4 is 23.2 Å². The molecule has 0 unspecified atom stereocenters. The number of hydrogen-bond donors (Lipinski definition) is 1. The molecule has 19 heavy (non-hydrogen) atoms. The van der Waals surface area contributed by atoms with E-state index in [2.05, 4.69) is 11.8 Å². The van der Waals surface area contributed by atoms with Gasteiger partial charge in [0.1, 0.15) is 6.61 Å². The molecule has 4 nitrogen and oxygen atoms in total. The normalized spacial score (nSPS) is 16.4. The van der Waals surface area contributed by atoms with Crippen molar-refractivity contribution in [3.05, 3.63) is 21.9 Å². The molecule has 0 saturated carbocycles. The second-order valence-corrected chi connectivity index (χ2v) is 5.61. The molecule has 1 aliphatic heterocycles. The van der Waals surface area contributed by atoms with Crippen molar-refractivity contribution in [3.8, 4) is 11.8 Å². The third-order valence-corrected chi connectivity index (χ3v) is 3.90. The lowest BCUT2D eigenvalue weighted by Gasteiger charge is -2.28. The van der Waals surface area contributed by atoms with Crippen molar-refractivity contribution in [1.82, 2.24) is 4.90 Å². The highest BCUT2D eigenvalue weighted by Gasteiger charge is 2.30. The minimum atomic E-state index is -0.200. The molecule has 0 aromatic carbocycles. The summed E-state index contributed by atoms with van der Waals surface area (Å²) in [5.41, 5.74) is 0.776. The third kappa shape index (κ3) is 3.22. The Morgan fingerprint density at radius 3 is 2.74 bits per heavy atom. The molecule has 2 amide bonds. The van der Waals surface area contributed by atoms with E-state index in [1.54, 1.807) is 0 Å². The topological polar surface area (TPSA) is 57.6 Å². The molecule has 0 aliphatic carbocycles. The molecule has 1 aliphatic rings. The summed E-state index contributed by atoms with van der Waals surface area (Å²) in [5, 5.41) is 10.6. The maximum atomic E-state index is 11.9. The largest absolute Gasteiger partial charge is 0.384 e. The number of carbonyl (C=O) groups excluding carboxylic acids is 2. The summed E-state index contributed by atoms with van der Waals surface area (Å²) >= 11 is 1.47. The molecule has 1 fully saturated rings. The monoisotopic (exact) mass is 277 g/mol. The Labute approximate surface area is 116 Å². The molecule has 0 spiro atoms. The standard InChI is InChI=1S/C14H15NO3S/c1-10-7-13(17)15(14(18)8-10)9-12-11(3-2-5-16)4-6-19-12/h4,6,10,16H,5,7-9H2,1H3. The highest BCUT2D eigenvalue weighted by Crippen LogP contribution is 2.24. The van der Waals surface area contributed by atoms with Crippen molar-refractivity contribution < 1.29 is 14.7 Å². The lowest BCUT2D eigenvalue weighted by Crippen LogP contribution is -2.42. The van der Waals surface area contributed by atoms with Gasteiger partial charge in [0.05, 0.1) is 6.54 Å². The highest BCUT2D eigenvalue weighted by molar-refractivity contribution is 7.10. The molecule has 1 aromatic rings. The summed E-state index contributed by atoms with van der Waals surface area (Å²) in [4.78, 5) is 26.0. The molecule has 100 valence electrons. The summed E-state index contributed by atoms with van der Waals surface area (Å²) in [5.74, 6) is 5.32. The number of thiophene rings is 1. The predicted molar refractivity (Wildman–Crippen MR) is 72.2 cm³/mol. The molecule has 2 heterocycles. The number of likely N-dealkylation sites (tertiary alicyclic amines) is 1. The molecule has 1 N–H and O–H groups in total. The zero-order valence-electron chi connectivity index (χ0n) is 10.7. The fourth-order valence-corrected chi connectivity index (χ4v) is 2.88. The predicted octanol–water partition coefficient (Wildman–Crippen LogP) is 1.38. The van der Waals surface area contributed by atoms with Gasteiger partial charge in [-0.2, -0.15) is 0 Å². The van der Waals surface area contributed by atoms with Crippen LogP contribution in [0.3, 0.4) is 0 Å². The van der Waals surface area contributed by atoms with Crippen LogP contribution in [0.25, 0.3) is 0 Å². The summed E-state index contributed by atoms with van der Waals surface area (Å²) in [6.45, 7) is 2.00. The molecule has 1 aromatic heterocycles. The van der Waals surface area contributed by atoms with Crippen LogP contribution in [-0.2, 0) is 16.1 Å². The first-order chi connectivity index (χ1) is 9.11. The summed E-state index contributed by atoms with van der Waals surface area (Å²) in [6.07, 6.45) is 0.851. The van der Waals surface area contributed by atoms with Crippen LogP contribution in [0.15, 0.2) is 11.4 Å². The summed E-state index contributed by atoms with van der Waals surface area (Å²) < 4.78 is 0. The first-order valence-corrected chi connectivity index (χ1v) is 6.99. The van der Waals surface area contributed by atoms with Gasteiger partial charge < -0.3 is 5.11 Å². The molecular weight excluding hydrogens is 262 g/mol. The number of amides is 2. The highest BCUT2D eigenvalue weighted by atomic mass is 32.1. The van der Waals surface area contributed by atoms with Gasteiger partial charge in [-0.05, 0) is 17.4 Å². The van der Waals surface area contributed by atoms with Gasteiger partial charge in [0, 0.05) is 23.3 Å². The Bertz CT molecular complexity index is 535. The average molecular weight is 277 g/mol. The van der Waals surface area contributed by atoms with Crippen LogP contribution >= 0.6 is 11.3 Å². The van der Waals surface area contributed by atoms with Crippen LogP contribution in [-0.4, -0.2) is 28.4 Å². The minimum Gasteiger partial charge on any atom is -0.384 e. The van der Waals surface area contributed by atoms with E-state index in [-0.39, 0.29) is 30.9 Å². The van der Waals surface area contributed by atoms with Crippen LogP contribution in [0.5, 0.6) is 0 Å². The van der Waals surface area contributed by atoms with E-state index in [0.717, 1.165) is 10.4 Å². The minimum absolute atomic E-state index is 0.113. The zero-order chi connectivity index (χ0) is 13.8. The molecule has 0 bridgehead atoms. The van der Waals surface area contributed by atoms with Crippen LogP contribution < -0.4 is 0 Å². The van der Waals surface area contributed by atoms with Crippen molar-refractivity contribution in [2.45, 2.75) is 26.3 Å². The SMILES string of the molecule is CC1CC(=O)N(Cc2sccc2C#CCO)C(=O)C1. The number of imide groups is 1. The third-order valence-electron chi connectivity index (χ3n) is 3.00. The van der Waals surface area contributed by atoms with Gasteiger partial charge in [-0.3, -0.25) is 14.5 Å². The zero-order valence-corrected chi connectivity index (χ0v) is 11.5. The number of carbonyl (C=O) groups is 2. The first-order valence-electron chi connectivity index (χ1n) is 6.11. The quantitative estimate of drug-likeness (QED) is 0.656. The number of hydrogen-bond acceptors (Lipinski definition) is 4. The number of nitrogens with zero attached hydrogens (tertiary/aromatic N) is 1. The van der Waals surface area contributed by atoms with Crippen molar-refractivity contribution in [2.75, 3.05) is 6.61 Å². The van der Waals surface area contributed by atoms with Gasteiger partial charge in [0.2, 0.25) is 11.8 Å². The van der Waals surface area contributed by atoms with Gasteiger partial charge in [-0.15, -0.1) is 11.3 Å². The molecule has 2 rings (SSSR count). The molecular formula is C14H15NO3S. The average Bonchev–Trinajstić information content (AvgIpc) is 2.78. The van der Waals surface area contributed by atoms with E-state index < -0.39 is 0 Å². The number of rotatable bonds is 2. The first kappa shape index (κ1) is 13.8. The fourth-order valence-electron chi connectivity index (χ4n) is 2.06.